The summed E-state index contributed by atoms with van der Waals surface area (Å²) in [5.74, 6) is 0.270. The summed E-state index contributed by atoms with van der Waals surface area (Å²) in [5.41, 5.74) is 6.19. The fraction of sp³-hybridized carbons (Fsp3) is 0.538. The van der Waals surface area contributed by atoms with Crippen LogP contribution in [0.2, 0.25) is 0 Å². The summed E-state index contributed by atoms with van der Waals surface area (Å²) >= 11 is 0. The number of nitrogens with two attached hydrogens (primary N) is 1. The molecule has 106 valence electrons. The van der Waals surface area contributed by atoms with Gasteiger partial charge in [-0.3, -0.25) is 0 Å². The largest absolute Gasteiger partial charge is 0.495 e. The van der Waals surface area contributed by atoms with Gasteiger partial charge in [0.1, 0.15) is 10.6 Å². The van der Waals surface area contributed by atoms with Crippen molar-refractivity contribution in [1.29, 1.82) is 0 Å². The quantitative estimate of drug-likeness (QED) is 0.807. The molecule has 1 aliphatic carbocycles. The van der Waals surface area contributed by atoms with E-state index < -0.39 is 10.0 Å². The highest BCUT2D eigenvalue weighted by atomic mass is 32.2. The Labute approximate surface area is 114 Å². The fourth-order valence-corrected chi connectivity index (χ4v) is 3.56. The van der Waals surface area contributed by atoms with Crippen LogP contribution in [0.25, 0.3) is 0 Å². The van der Waals surface area contributed by atoms with E-state index in [1.165, 1.54) is 25.7 Å². The first-order chi connectivity index (χ1) is 8.86. The molecule has 5 nitrogen and oxygen atoms in total. The maximum Gasteiger partial charge on any atom is 0.244 e. The number of nitrogen functional groups attached to an aromatic ring is 1. The molecule has 1 aromatic carbocycles. The molecule has 0 atom stereocenters. The summed E-state index contributed by atoms with van der Waals surface area (Å²) in [7, 11) is -2.13. The Hall–Kier alpha value is -1.27. The predicted molar refractivity (Wildman–Crippen MR) is 74.6 cm³/mol. The van der Waals surface area contributed by atoms with Crippen molar-refractivity contribution >= 4 is 15.7 Å². The van der Waals surface area contributed by atoms with Gasteiger partial charge in [0.2, 0.25) is 10.0 Å². The Balaban J connectivity index is 2.19. The van der Waals surface area contributed by atoms with Crippen molar-refractivity contribution in [3.63, 3.8) is 0 Å². The van der Waals surface area contributed by atoms with Crippen LogP contribution in [-0.2, 0) is 10.0 Å². The third-order valence-electron chi connectivity index (χ3n) is 3.73. The van der Waals surface area contributed by atoms with Crippen molar-refractivity contribution in [2.75, 3.05) is 19.4 Å². The van der Waals surface area contributed by atoms with Crippen LogP contribution in [0.1, 0.15) is 26.2 Å². The minimum atomic E-state index is -3.56. The molecule has 0 unspecified atom stereocenters. The minimum Gasteiger partial charge on any atom is -0.495 e. The van der Waals surface area contributed by atoms with E-state index in [0.29, 0.717) is 12.2 Å². The molecule has 0 radical (unpaired) electrons. The summed E-state index contributed by atoms with van der Waals surface area (Å²) in [6.45, 7) is 2.56. The summed E-state index contributed by atoms with van der Waals surface area (Å²) in [4.78, 5) is 0.132. The van der Waals surface area contributed by atoms with E-state index in [9.17, 15) is 8.42 Å². The highest BCUT2D eigenvalue weighted by molar-refractivity contribution is 7.89. The van der Waals surface area contributed by atoms with E-state index in [-0.39, 0.29) is 16.1 Å². The van der Waals surface area contributed by atoms with Crippen LogP contribution in [-0.4, -0.2) is 22.1 Å². The number of anilines is 1. The molecule has 2 rings (SSSR count). The zero-order chi connectivity index (χ0) is 14.1. The minimum absolute atomic E-state index is 0.0914. The van der Waals surface area contributed by atoms with Gasteiger partial charge in [0.25, 0.3) is 0 Å². The number of hydrogen-bond donors (Lipinski definition) is 2. The van der Waals surface area contributed by atoms with Crippen molar-refractivity contribution in [1.82, 2.24) is 4.72 Å². The molecule has 0 heterocycles. The van der Waals surface area contributed by atoms with E-state index >= 15 is 0 Å². The second-order valence-electron chi connectivity index (χ2n) is 5.40. The van der Waals surface area contributed by atoms with E-state index in [2.05, 4.69) is 11.6 Å². The molecule has 1 saturated carbocycles. The van der Waals surface area contributed by atoms with Crippen LogP contribution >= 0.6 is 0 Å². The van der Waals surface area contributed by atoms with Gasteiger partial charge in [-0.25, -0.2) is 13.1 Å². The SMILES string of the molecule is COc1cc(N)ccc1S(=O)(=O)NCC1(C)CCC1. The van der Waals surface area contributed by atoms with Crippen molar-refractivity contribution in [3.8, 4) is 5.75 Å². The van der Waals surface area contributed by atoms with E-state index in [0.717, 1.165) is 12.8 Å². The Bertz CT molecular complexity index is 565. The summed E-state index contributed by atoms with van der Waals surface area (Å²) in [6.07, 6.45) is 3.30. The number of benzene rings is 1. The van der Waals surface area contributed by atoms with Crippen LogP contribution in [0.4, 0.5) is 5.69 Å². The van der Waals surface area contributed by atoms with Crippen molar-refractivity contribution in [2.45, 2.75) is 31.1 Å². The standard InChI is InChI=1S/C13H20N2O3S/c1-13(6-3-7-13)9-15-19(16,17)12-5-4-10(14)8-11(12)18-2/h4-5,8,15H,3,6-7,9,14H2,1-2H3. The molecule has 1 aliphatic rings. The molecular weight excluding hydrogens is 264 g/mol. The average molecular weight is 284 g/mol. The predicted octanol–water partition coefficient (Wildman–Crippen LogP) is 1.75. The zero-order valence-corrected chi connectivity index (χ0v) is 12.1. The molecule has 0 aliphatic heterocycles. The molecule has 3 N–H and O–H groups in total. The maximum atomic E-state index is 12.3. The first-order valence-corrected chi connectivity index (χ1v) is 7.78. The number of sulfonamides is 1. The van der Waals surface area contributed by atoms with Crippen LogP contribution in [0.15, 0.2) is 23.1 Å². The van der Waals surface area contributed by atoms with Gasteiger partial charge >= 0.3 is 0 Å². The summed E-state index contributed by atoms with van der Waals surface area (Å²) in [6, 6.07) is 4.54. The number of hydrogen-bond acceptors (Lipinski definition) is 4. The summed E-state index contributed by atoms with van der Waals surface area (Å²) in [5, 5.41) is 0. The van der Waals surface area contributed by atoms with Gasteiger partial charge < -0.3 is 10.5 Å². The second kappa shape index (κ2) is 5.02. The Kier molecular flexibility index (Phi) is 3.73. The van der Waals surface area contributed by atoms with Crippen LogP contribution in [0.3, 0.4) is 0 Å². The van der Waals surface area contributed by atoms with Crippen LogP contribution in [0, 0.1) is 5.41 Å². The lowest BCUT2D eigenvalue weighted by molar-refractivity contribution is 0.166. The molecule has 0 aromatic heterocycles. The van der Waals surface area contributed by atoms with Gasteiger partial charge in [-0.1, -0.05) is 13.3 Å². The lowest BCUT2D eigenvalue weighted by atomic mass is 9.71. The van der Waals surface area contributed by atoms with E-state index in [1.54, 1.807) is 6.07 Å². The molecular formula is C13H20N2O3S. The Morgan fingerprint density at radius 3 is 2.63 bits per heavy atom. The van der Waals surface area contributed by atoms with Crippen LogP contribution < -0.4 is 15.2 Å². The van der Waals surface area contributed by atoms with Crippen molar-refractivity contribution in [3.05, 3.63) is 18.2 Å². The molecule has 1 aromatic rings. The monoisotopic (exact) mass is 284 g/mol. The Morgan fingerprint density at radius 1 is 1.42 bits per heavy atom. The van der Waals surface area contributed by atoms with Gasteiger partial charge in [-0.05, 0) is 30.4 Å². The second-order valence-corrected chi connectivity index (χ2v) is 7.13. The number of methoxy groups -OCH3 is 1. The van der Waals surface area contributed by atoms with Crippen LogP contribution in [0.5, 0.6) is 5.75 Å². The topological polar surface area (TPSA) is 81.4 Å². The normalized spacial score (nSPS) is 17.8. The molecule has 0 saturated heterocycles. The molecule has 19 heavy (non-hydrogen) atoms. The van der Waals surface area contributed by atoms with Gasteiger partial charge in [-0.15, -0.1) is 0 Å². The fourth-order valence-electron chi connectivity index (χ4n) is 2.21. The number of nitrogens with one attached hydrogen (secondary N) is 1. The third-order valence-corrected chi connectivity index (χ3v) is 5.17. The lowest BCUT2D eigenvalue weighted by Crippen LogP contribution is -2.39. The third kappa shape index (κ3) is 3.01. The van der Waals surface area contributed by atoms with Gasteiger partial charge in [0, 0.05) is 18.3 Å². The van der Waals surface area contributed by atoms with Gasteiger partial charge in [-0.2, -0.15) is 0 Å². The number of ether oxygens (including phenoxy) is 1. The smallest absolute Gasteiger partial charge is 0.244 e. The summed E-state index contributed by atoms with van der Waals surface area (Å²) < 4.78 is 32.3. The molecule has 0 spiro atoms. The molecule has 0 bridgehead atoms. The maximum absolute atomic E-state index is 12.3. The van der Waals surface area contributed by atoms with E-state index in [1.807, 2.05) is 0 Å². The molecule has 1 fully saturated rings. The highest BCUT2D eigenvalue weighted by Crippen LogP contribution is 2.39. The Morgan fingerprint density at radius 2 is 2.11 bits per heavy atom. The van der Waals surface area contributed by atoms with E-state index in [4.69, 9.17) is 10.5 Å². The molecule has 0 amide bonds. The number of rotatable bonds is 5. The zero-order valence-electron chi connectivity index (χ0n) is 11.3. The first-order valence-electron chi connectivity index (χ1n) is 6.29. The lowest BCUT2D eigenvalue weighted by Gasteiger charge is -2.38. The average Bonchev–Trinajstić information content (AvgIpc) is 2.33. The molecule has 6 heteroatoms. The van der Waals surface area contributed by atoms with Gasteiger partial charge in [0.05, 0.1) is 7.11 Å². The van der Waals surface area contributed by atoms with Crippen molar-refractivity contribution < 1.29 is 13.2 Å². The first kappa shape index (κ1) is 14.1. The van der Waals surface area contributed by atoms with Crippen molar-refractivity contribution in [2.24, 2.45) is 5.41 Å². The van der Waals surface area contributed by atoms with Gasteiger partial charge in [0.15, 0.2) is 0 Å². The highest BCUT2D eigenvalue weighted by Gasteiger charge is 2.33.